The van der Waals surface area contributed by atoms with Gasteiger partial charge in [-0.25, -0.2) is 9.37 Å². The van der Waals surface area contributed by atoms with E-state index >= 15 is 0 Å². The summed E-state index contributed by atoms with van der Waals surface area (Å²) in [4.78, 5) is 25.8. The zero-order chi connectivity index (χ0) is 26.6. The van der Waals surface area contributed by atoms with Gasteiger partial charge in [0.25, 0.3) is 5.91 Å². The molecule has 8 nitrogen and oxygen atoms in total. The molecular weight excluding hydrogens is 533 g/mol. The van der Waals surface area contributed by atoms with E-state index in [1.54, 1.807) is 29.4 Å². The Balaban J connectivity index is 1.13. The Labute approximate surface area is 233 Å². The van der Waals surface area contributed by atoms with Crippen molar-refractivity contribution in [3.8, 4) is 17.1 Å². The molecule has 2 aromatic carbocycles. The molecule has 0 radical (unpaired) electrons. The second-order valence-electron chi connectivity index (χ2n) is 8.86. The van der Waals surface area contributed by atoms with Crippen molar-refractivity contribution in [2.75, 3.05) is 31.1 Å². The van der Waals surface area contributed by atoms with Crippen LogP contribution in [0.25, 0.3) is 17.1 Å². The monoisotopic (exact) mass is 557 g/mol. The van der Waals surface area contributed by atoms with Gasteiger partial charge in [0.05, 0.1) is 11.4 Å². The first-order valence-electron chi connectivity index (χ1n) is 12.4. The van der Waals surface area contributed by atoms with Crippen LogP contribution >= 0.6 is 23.1 Å². The number of aromatic nitrogens is 5. The molecule has 39 heavy (non-hydrogen) atoms. The zero-order valence-corrected chi connectivity index (χ0v) is 22.5. The lowest BCUT2D eigenvalue weighted by atomic mass is 10.2. The molecule has 0 atom stereocenters. The summed E-state index contributed by atoms with van der Waals surface area (Å²) in [5.41, 5.74) is 2.84. The number of hydrogen-bond donors (Lipinski definition) is 0. The summed E-state index contributed by atoms with van der Waals surface area (Å²) in [6.45, 7) is 2.19. The molecule has 1 aliphatic rings. The van der Waals surface area contributed by atoms with Gasteiger partial charge in [-0.15, -0.1) is 21.5 Å². The fraction of sp³-hybridized carbons (Fsp3) is 0.179. The van der Waals surface area contributed by atoms with Gasteiger partial charge in [0.2, 0.25) is 0 Å². The second kappa shape index (κ2) is 11.3. The third-order valence-electron chi connectivity index (χ3n) is 6.42. The van der Waals surface area contributed by atoms with E-state index in [-0.39, 0.29) is 11.7 Å². The van der Waals surface area contributed by atoms with Crippen LogP contribution in [0, 0.1) is 5.82 Å². The predicted octanol–water partition coefficient (Wildman–Crippen LogP) is 5.18. The minimum Gasteiger partial charge on any atom is -0.366 e. The molecule has 1 aliphatic heterocycles. The summed E-state index contributed by atoms with van der Waals surface area (Å²) < 4.78 is 16.2. The molecule has 0 unspecified atom stereocenters. The van der Waals surface area contributed by atoms with Crippen molar-refractivity contribution in [3.63, 3.8) is 0 Å². The number of hydrogen-bond acceptors (Lipinski definition) is 8. The average molecular weight is 558 g/mol. The molecule has 1 amide bonds. The van der Waals surface area contributed by atoms with Crippen molar-refractivity contribution in [2.24, 2.45) is 0 Å². The fourth-order valence-electron chi connectivity index (χ4n) is 4.48. The fourth-order valence-corrected chi connectivity index (χ4v) is 6.22. The van der Waals surface area contributed by atoms with Crippen molar-refractivity contribution < 1.29 is 9.18 Å². The molecule has 5 aromatic rings. The number of thioether (sulfide) groups is 1. The topological polar surface area (TPSA) is 80.0 Å². The summed E-state index contributed by atoms with van der Waals surface area (Å²) >= 11 is 2.98. The Morgan fingerprint density at radius 1 is 0.949 bits per heavy atom. The molecular formula is C28H24FN7OS2. The summed E-state index contributed by atoms with van der Waals surface area (Å²) in [6.07, 6.45) is 3.50. The lowest BCUT2D eigenvalue weighted by Gasteiger charge is -2.35. The first kappa shape index (κ1) is 25.2. The molecule has 11 heteroatoms. The van der Waals surface area contributed by atoms with E-state index in [4.69, 9.17) is 0 Å². The van der Waals surface area contributed by atoms with Crippen LogP contribution < -0.4 is 4.90 Å². The SMILES string of the molecule is O=C(c1csc(CSc2nnc(-c3cccnc3)n2-c2ccccc2)n1)N1CCN(c2ccccc2F)CC1. The van der Waals surface area contributed by atoms with Gasteiger partial charge in [0.1, 0.15) is 16.5 Å². The van der Waals surface area contributed by atoms with E-state index in [0.29, 0.717) is 49.1 Å². The highest BCUT2D eigenvalue weighted by atomic mass is 32.2. The summed E-state index contributed by atoms with van der Waals surface area (Å²) in [5.74, 6) is 0.926. The van der Waals surface area contributed by atoms with Gasteiger partial charge in [-0.05, 0) is 36.4 Å². The van der Waals surface area contributed by atoms with Crippen LogP contribution in [0.15, 0.2) is 89.7 Å². The van der Waals surface area contributed by atoms with Crippen LogP contribution in [0.5, 0.6) is 0 Å². The molecule has 196 valence electrons. The minimum absolute atomic E-state index is 0.0954. The van der Waals surface area contributed by atoms with Crippen molar-refractivity contribution in [3.05, 3.63) is 101 Å². The number of piperazine rings is 1. The predicted molar refractivity (Wildman–Crippen MR) is 151 cm³/mol. The first-order valence-corrected chi connectivity index (χ1v) is 14.3. The van der Waals surface area contributed by atoms with E-state index < -0.39 is 0 Å². The first-order chi connectivity index (χ1) is 19.2. The average Bonchev–Trinajstić information content (AvgIpc) is 3.64. The van der Waals surface area contributed by atoms with E-state index in [2.05, 4.69) is 20.2 Å². The molecule has 6 rings (SSSR count). The third kappa shape index (κ3) is 5.41. The Bertz CT molecular complexity index is 1570. The third-order valence-corrected chi connectivity index (χ3v) is 8.39. The molecule has 0 N–H and O–H groups in total. The number of benzene rings is 2. The van der Waals surface area contributed by atoms with Crippen molar-refractivity contribution >= 4 is 34.7 Å². The van der Waals surface area contributed by atoms with Gasteiger partial charge >= 0.3 is 0 Å². The molecule has 1 fully saturated rings. The standard InChI is InChI=1S/C28H24FN7OS2/c29-22-10-4-5-11-24(22)34-13-15-35(16-14-34)27(37)23-18-38-25(31-23)19-39-28-33-32-26(20-7-6-12-30-17-20)36(28)21-8-2-1-3-9-21/h1-12,17-18H,13-16,19H2. The molecule has 1 saturated heterocycles. The lowest BCUT2D eigenvalue weighted by molar-refractivity contribution is 0.0741. The Morgan fingerprint density at radius 2 is 1.74 bits per heavy atom. The van der Waals surface area contributed by atoms with Crippen molar-refractivity contribution in [2.45, 2.75) is 10.9 Å². The van der Waals surface area contributed by atoms with E-state index in [9.17, 15) is 9.18 Å². The maximum absolute atomic E-state index is 14.2. The maximum atomic E-state index is 14.2. The summed E-state index contributed by atoms with van der Waals surface area (Å²) in [7, 11) is 0. The number of carbonyl (C=O) groups excluding carboxylic acids is 1. The lowest BCUT2D eigenvalue weighted by Crippen LogP contribution is -2.49. The molecule has 3 aromatic heterocycles. The molecule has 0 spiro atoms. The minimum atomic E-state index is -0.241. The number of halogens is 1. The quantitative estimate of drug-likeness (QED) is 0.255. The van der Waals surface area contributed by atoms with Crippen LogP contribution in [0.3, 0.4) is 0 Å². The van der Waals surface area contributed by atoms with Gasteiger partial charge in [-0.3, -0.25) is 14.3 Å². The maximum Gasteiger partial charge on any atom is 0.273 e. The number of carbonyl (C=O) groups is 1. The molecule has 0 bridgehead atoms. The number of pyridine rings is 1. The van der Waals surface area contributed by atoms with E-state index in [1.165, 1.54) is 29.2 Å². The van der Waals surface area contributed by atoms with Crippen LogP contribution in [0.2, 0.25) is 0 Å². The van der Waals surface area contributed by atoms with Crippen LogP contribution in [-0.4, -0.2) is 61.7 Å². The van der Waals surface area contributed by atoms with Crippen LogP contribution in [0.1, 0.15) is 15.5 Å². The highest BCUT2D eigenvalue weighted by Crippen LogP contribution is 2.30. The molecule has 0 aliphatic carbocycles. The van der Waals surface area contributed by atoms with Crippen LogP contribution in [-0.2, 0) is 5.75 Å². The molecule has 0 saturated carbocycles. The largest absolute Gasteiger partial charge is 0.366 e. The second-order valence-corrected chi connectivity index (χ2v) is 10.7. The van der Waals surface area contributed by atoms with Crippen LogP contribution in [0.4, 0.5) is 10.1 Å². The van der Waals surface area contributed by atoms with E-state index in [0.717, 1.165) is 21.4 Å². The number of rotatable bonds is 7. The molecule has 4 heterocycles. The van der Waals surface area contributed by atoms with Gasteiger partial charge < -0.3 is 9.80 Å². The van der Waals surface area contributed by atoms with Gasteiger partial charge in [0, 0.05) is 55.2 Å². The Kier molecular flexibility index (Phi) is 7.33. The number of nitrogens with zero attached hydrogens (tertiary/aromatic N) is 7. The smallest absolute Gasteiger partial charge is 0.273 e. The number of anilines is 1. The number of thiazole rings is 1. The Hall–Kier alpha value is -4.09. The summed E-state index contributed by atoms with van der Waals surface area (Å²) in [5, 5.41) is 12.3. The number of amides is 1. The van der Waals surface area contributed by atoms with Crippen molar-refractivity contribution in [1.82, 2.24) is 29.6 Å². The van der Waals surface area contributed by atoms with Gasteiger partial charge in [-0.2, -0.15) is 0 Å². The zero-order valence-electron chi connectivity index (χ0n) is 20.9. The van der Waals surface area contributed by atoms with Crippen molar-refractivity contribution in [1.29, 1.82) is 0 Å². The Morgan fingerprint density at radius 3 is 2.51 bits per heavy atom. The van der Waals surface area contributed by atoms with Gasteiger partial charge in [-0.1, -0.05) is 42.1 Å². The highest BCUT2D eigenvalue weighted by Gasteiger charge is 2.25. The highest BCUT2D eigenvalue weighted by molar-refractivity contribution is 7.98. The normalized spacial score (nSPS) is 13.6. The number of para-hydroxylation sites is 2. The van der Waals surface area contributed by atoms with Gasteiger partial charge in [0.15, 0.2) is 11.0 Å². The summed E-state index contributed by atoms with van der Waals surface area (Å²) in [6, 6.07) is 20.5. The van der Waals surface area contributed by atoms with E-state index in [1.807, 2.05) is 63.4 Å².